The molecule has 0 unspecified atom stereocenters. The van der Waals surface area contributed by atoms with Crippen molar-refractivity contribution in [1.29, 1.82) is 0 Å². The van der Waals surface area contributed by atoms with Crippen LogP contribution in [0.25, 0.3) is 16.3 Å². The van der Waals surface area contributed by atoms with E-state index < -0.39 is 0 Å². The molecule has 5 heteroatoms. The van der Waals surface area contributed by atoms with Crippen LogP contribution in [0.1, 0.15) is 15.9 Å². The van der Waals surface area contributed by atoms with Gasteiger partial charge in [0, 0.05) is 6.20 Å². The molecule has 2 aromatic heterocycles. The topological polar surface area (TPSA) is 34.9 Å². The number of nitrogens with zero attached hydrogens (tertiary/aromatic N) is 2. The van der Waals surface area contributed by atoms with Crippen LogP contribution in [0.15, 0.2) is 41.9 Å². The Morgan fingerprint density at radius 2 is 2.10 bits per heavy atom. The van der Waals surface area contributed by atoms with Crippen molar-refractivity contribution < 1.29 is 9.18 Å². The van der Waals surface area contributed by atoms with Gasteiger partial charge >= 0.3 is 0 Å². The molecule has 0 aliphatic rings. The average molecular weight is 286 g/mol. The lowest BCUT2D eigenvalue weighted by Gasteiger charge is -2.01. The fourth-order valence-electron chi connectivity index (χ4n) is 2.03. The summed E-state index contributed by atoms with van der Waals surface area (Å²) in [6.07, 6.45) is 2.30. The maximum absolute atomic E-state index is 13.8. The first kappa shape index (κ1) is 12.7. The average Bonchev–Trinajstić information content (AvgIpc) is 3.04. The standard InChI is InChI=1S/C15H11FN2OS/c1-10-6-7-20-15(10)14-11(9-19)8-18(17-14)13-5-3-2-4-12(13)16/h2-9H,1H3. The van der Waals surface area contributed by atoms with Crippen molar-refractivity contribution in [2.45, 2.75) is 6.92 Å². The fourth-order valence-corrected chi connectivity index (χ4v) is 2.96. The molecule has 3 rings (SSSR count). The van der Waals surface area contributed by atoms with Gasteiger partial charge in [0.15, 0.2) is 6.29 Å². The second kappa shape index (κ2) is 5.02. The number of rotatable bonds is 3. The lowest BCUT2D eigenvalue weighted by molar-refractivity contribution is 0.112. The van der Waals surface area contributed by atoms with Crippen molar-refractivity contribution in [3.8, 4) is 16.3 Å². The minimum Gasteiger partial charge on any atom is -0.298 e. The Kier molecular flexibility index (Phi) is 3.20. The lowest BCUT2D eigenvalue weighted by Crippen LogP contribution is -1.97. The molecule has 0 spiro atoms. The summed E-state index contributed by atoms with van der Waals surface area (Å²) in [4.78, 5) is 12.2. The van der Waals surface area contributed by atoms with E-state index >= 15 is 0 Å². The third-order valence-electron chi connectivity index (χ3n) is 3.05. The van der Waals surface area contributed by atoms with Crippen LogP contribution in [-0.2, 0) is 0 Å². The van der Waals surface area contributed by atoms with E-state index in [1.807, 2.05) is 18.4 Å². The third-order valence-corrected chi connectivity index (χ3v) is 4.07. The van der Waals surface area contributed by atoms with Crippen LogP contribution in [0.3, 0.4) is 0 Å². The molecule has 0 bridgehead atoms. The molecule has 0 amide bonds. The van der Waals surface area contributed by atoms with Gasteiger partial charge in [0.2, 0.25) is 0 Å². The number of hydrogen-bond donors (Lipinski definition) is 0. The molecule has 3 nitrogen and oxygen atoms in total. The van der Waals surface area contributed by atoms with Gasteiger partial charge in [0.1, 0.15) is 17.2 Å². The third kappa shape index (κ3) is 2.06. The predicted octanol–water partition coefficient (Wildman–Crippen LogP) is 3.86. The predicted molar refractivity (Wildman–Crippen MR) is 77.0 cm³/mol. The van der Waals surface area contributed by atoms with Gasteiger partial charge < -0.3 is 0 Å². The second-order valence-corrected chi connectivity index (χ2v) is 5.30. The largest absolute Gasteiger partial charge is 0.298 e. The maximum atomic E-state index is 13.8. The van der Waals surface area contributed by atoms with Gasteiger partial charge in [0.25, 0.3) is 0 Å². The molecule has 0 saturated carbocycles. The molecule has 100 valence electrons. The summed E-state index contributed by atoms with van der Waals surface area (Å²) in [6.45, 7) is 1.96. The van der Waals surface area contributed by atoms with Gasteiger partial charge in [0.05, 0.1) is 10.4 Å². The molecular weight excluding hydrogens is 275 g/mol. The molecule has 0 fully saturated rings. The SMILES string of the molecule is Cc1ccsc1-c1nn(-c2ccccc2F)cc1C=O. The van der Waals surface area contributed by atoms with Gasteiger partial charge in [-0.2, -0.15) is 5.10 Å². The van der Waals surface area contributed by atoms with E-state index in [1.54, 1.807) is 24.4 Å². The smallest absolute Gasteiger partial charge is 0.153 e. The summed E-state index contributed by atoms with van der Waals surface area (Å²) >= 11 is 1.52. The highest BCUT2D eigenvalue weighted by atomic mass is 32.1. The van der Waals surface area contributed by atoms with Gasteiger partial charge in [-0.25, -0.2) is 9.07 Å². The number of carbonyl (C=O) groups excluding carboxylic acids is 1. The van der Waals surface area contributed by atoms with Gasteiger partial charge in [-0.1, -0.05) is 12.1 Å². The normalized spacial score (nSPS) is 10.7. The van der Waals surface area contributed by atoms with Gasteiger partial charge in [-0.05, 0) is 36.1 Å². The van der Waals surface area contributed by atoms with Crippen LogP contribution in [0.2, 0.25) is 0 Å². The van der Waals surface area contributed by atoms with E-state index in [4.69, 9.17) is 0 Å². The van der Waals surface area contributed by atoms with E-state index in [9.17, 15) is 9.18 Å². The molecule has 1 aromatic carbocycles. The Balaban J connectivity index is 2.17. The van der Waals surface area contributed by atoms with Crippen molar-refractivity contribution in [2.75, 3.05) is 0 Å². The summed E-state index contributed by atoms with van der Waals surface area (Å²) < 4.78 is 15.2. The Bertz CT molecular complexity index is 776. The molecule has 3 aromatic rings. The zero-order valence-electron chi connectivity index (χ0n) is 10.7. The number of aldehydes is 1. The van der Waals surface area contributed by atoms with Crippen molar-refractivity contribution in [2.24, 2.45) is 0 Å². The van der Waals surface area contributed by atoms with Crippen molar-refractivity contribution >= 4 is 17.6 Å². The number of carbonyl (C=O) groups is 1. The van der Waals surface area contributed by atoms with Crippen LogP contribution in [-0.4, -0.2) is 16.1 Å². The van der Waals surface area contributed by atoms with Gasteiger partial charge in [-0.15, -0.1) is 11.3 Å². The summed E-state index contributed by atoms with van der Waals surface area (Å²) in [7, 11) is 0. The van der Waals surface area contributed by atoms with Gasteiger partial charge in [-0.3, -0.25) is 4.79 Å². The molecule has 20 heavy (non-hydrogen) atoms. The minimum absolute atomic E-state index is 0.330. The van der Waals surface area contributed by atoms with Crippen LogP contribution in [0.5, 0.6) is 0 Å². The number of aromatic nitrogens is 2. The fraction of sp³-hybridized carbons (Fsp3) is 0.0667. The maximum Gasteiger partial charge on any atom is 0.153 e. The molecule has 0 aliphatic heterocycles. The van der Waals surface area contributed by atoms with Crippen LogP contribution >= 0.6 is 11.3 Å². The Hall–Kier alpha value is -2.27. The highest BCUT2D eigenvalue weighted by molar-refractivity contribution is 7.13. The highest BCUT2D eigenvalue weighted by Gasteiger charge is 2.15. The minimum atomic E-state index is -0.373. The summed E-state index contributed by atoms with van der Waals surface area (Å²) in [5, 5.41) is 6.32. The molecule has 0 aliphatic carbocycles. The quantitative estimate of drug-likeness (QED) is 0.685. The van der Waals surface area contributed by atoms with Crippen LogP contribution in [0.4, 0.5) is 4.39 Å². The number of benzene rings is 1. The molecule has 0 saturated heterocycles. The number of aryl methyl sites for hydroxylation is 1. The van der Waals surface area contributed by atoms with E-state index in [-0.39, 0.29) is 5.82 Å². The first-order valence-electron chi connectivity index (χ1n) is 6.05. The Morgan fingerprint density at radius 3 is 2.75 bits per heavy atom. The number of para-hydroxylation sites is 1. The van der Waals surface area contributed by atoms with E-state index in [1.165, 1.54) is 22.1 Å². The monoisotopic (exact) mass is 286 g/mol. The van der Waals surface area contributed by atoms with Crippen molar-refractivity contribution in [1.82, 2.24) is 9.78 Å². The molecule has 0 atom stereocenters. The first-order valence-corrected chi connectivity index (χ1v) is 6.93. The van der Waals surface area contributed by atoms with Crippen LogP contribution < -0.4 is 0 Å². The highest BCUT2D eigenvalue weighted by Crippen LogP contribution is 2.30. The molecule has 2 heterocycles. The second-order valence-electron chi connectivity index (χ2n) is 4.38. The number of thiophene rings is 1. The summed E-state index contributed by atoms with van der Waals surface area (Å²) in [6, 6.07) is 8.32. The van der Waals surface area contributed by atoms with Crippen LogP contribution in [0, 0.1) is 12.7 Å². The van der Waals surface area contributed by atoms with E-state index in [0.29, 0.717) is 16.9 Å². The Morgan fingerprint density at radius 1 is 1.30 bits per heavy atom. The number of hydrogen-bond acceptors (Lipinski definition) is 3. The van der Waals surface area contributed by atoms with E-state index in [2.05, 4.69) is 5.10 Å². The summed E-state index contributed by atoms with van der Waals surface area (Å²) in [5.74, 6) is -0.373. The van der Waals surface area contributed by atoms with Crippen molar-refractivity contribution in [3.05, 3.63) is 58.9 Å². The molecule has 0 N–H and O–H groups in total. The molecular formula is C15H11FN2OS. The van der Waals surface area contributed by atoms with Crippen molar-refractivity contribution in [3.63, 3.8) is 0 Å². The zero-order valence-corrected chi connectivity index (χ0v) is 11.5. The van der Waals surface area contributed by atoms with E-state index in [0.717, 1.165) is 16.7 Å². The summed E-state index contributed by atoms with van der Waals surface area (Å²) in [5.41, 5.74) is 2.43. The first-order chi connectivity index (χ1) is 9.70. The molecule has 0 radical (unpaired) electrons. The zero-order chi connectivity index (χ0) is 14.1. The number of halogens is 1. The lowest BCUT2D eigenvalue weighted by atomic mass is 10.2. The Labute approximate surface area is 119 Å².